The van der Waals surface area contributed by atoms with Gasteiger partial charge >= 0.3 is 0 Å². The maximum Gasteiger partial charge on any atom is 0.270 e. The van der Waals surface area contributed by atoms with Crippen molar-refractivity contribution >= 4 is 11.6 Å². The molecule has 0 bridgehead atoms. The number of ether oxygens (including phenoxy) is 3. The van der Waals surface area contributed by atoms with Gasteiger partial charge in [-0.05, 0) is 37.1 Å². The minimum absolute atomic E-state index is 0.0130. The van der Waals surface area contributed by atoms with E-state index in [-0.39, 0.29) is 5.69 Å². The zero-order valence-corrected chi connectivity index (χ0v) is 18.2. The van der Waals surface area contributed by atoms with Crippen LogP contribution in [0.4, 0.5) is 5.69 Å². The van der Waals surface area contributed by atoms with Crippen molar-refractivity contribution in [1.29, 1.82) is 0 Å². The third-order valence-electron chi connectivity index (χ3n) is 4.46. The molecule has 9 nitrogen and oxygen atoms in total. The van der Waals surface area contributed by atoms with Crippen molar-refractivity contribution in [2.24, 2.45) is 4.99 Å². The molecule has 0 heterocycles. The predicted octanol–water partition coefficient (Wildman–Crippen LogP) is 3.27. The normalized spacial score (nSPS) is 11.1. The van der Waals surface area contributed by atoms with Crippen LogP contribution in [0.5, 0.6) is 11.5 Å². The Morgan fingerprint density at radius 2 is 1.87 bits per heavy atom. The van der Waals surface area contributed by atoms with Gasteiger partial charge in [0.25, 0.3) is 5.69 Å². The fourth-order valence-electron chi connectivity index (χ4n) is 2.80. The molecule has 0 amide bonds. The first-order valence-electron chi connectivity index (χ1n) is 10.1. The van der Waals surface area contributed by atoms with Gasteiger partial charge in [0.15, 0.2) is 5.96 Å². The van der Waals surface area contributed by atoms with Gasteiger partial charge in [-0.15, -0.1) is 0 Å². The molecular weight excluding hydrogens is 400 g/mol. The van der Waals surface area contributed by atoms with Gasteiger partial charge in [-0.2, -0.15) is 0 Å². The number of benzene rings is 2. The molecule has 0 radical (unpaired) electrons. The summed E-state index contributed by atoms with van der Waals surface area (Å²) in [6.45, 7) is 4.78. The molecule has 0 unspecified atom stereocenters. The molecule has 2 aromatic carbocycles. The Hall–Kier alpha value is -3.33. The first-order chi connectivity index (χ1) is 15.1. The van der Waals surface area contributed by atoms with E-state index in [1.807, 2.05) is 31.2 Å². The number of aliphatic imine (C=N–C) groups is 1. The monoisotopic (exact) mass is 430 g/mol. The molecule has 2 aromatic rings. The van der Waals surface area contributed by atoms with Crippen molar-refractivity contribution < 1.29 is 19.1 Å². The summed E-state index contributed by atoms with van der Waals surface area (Å²) in [4.78, 5) is 15.3. The van der Waals surface area contributed by atoms with Crippen LogP contribution < -0.4 is 20.1 Å². The number of hydrogen-bond donors (Lipinski definition) is 2. The molecule has 0 aliphatic heterocycles. The highest BCUT2D eigenvalue weighted by molar-refractivity contribution is 5.79. The minimum Gasteiger partial charge on any atom is -0.497 e. The van der Waals surface area contributed by atoms with Gasteiger partial charge in [0.2, 0.25) is 0 Å². The smallest absolute Gasteiger partial charge is 0.270 e. The summed E-state index contributed by atoms with van der Waals surface area (Å²) in [5.74, 6) is 1.96. The summed E-state index contributed by atoms with van der Waals surface area (Å²) in [6.07, 6.45) is 0.831. The molecule has 0 spiro atoms. The Balaban J connectivity index is 2.08. The largest absolute Gasteiger partial charge is 0.497 e. The number of nitro benzene ring substituents is 1. The van der Waals surface area contributed by atoms with Crippen LogP contribution in [-0.2, 0) is 17.8 Å². The highest BCUT2D eigenvalue weighted by Crippen LogP contribution is 2.23. The van der Waals surface area contributed by atoms with E-state index in [2.05, 4.69) is 15.6 Å². The highest BCUT2D eigenvalue weighted by atomic mass is 16.6. The van der Waals surface area contributed by atoms with Crippen LogP contribution in [0, 0.1) is 10.1 Å². The van der Waals surface area contributed by atoms with E-state index in [1.54, 1.807) is 13.2 Å². The van der Waals surface area contributed by atoms with Crippen molar-refractivity contribution in [3.8, 4) is 11.5 Å². The van der Waals surface area contributed by atoms with Gasteiger partial charge in [-0.25, -0.2) is 4.99 Å². The van der Waals surface area contributed by atoms with Crippen LogP contribution in [0.2, 0.25) is 0 Å². The number of hydrogen-bond acceptors (Lipinski definition) is 6. The second-order valence-electron chi connectivity index (χ2n) is 6.60. The number of nitrogens with zero attached hydrogens (tertiary/aromatic N) is 2. The second kappa shape index (κ2) is 13.1. The van der Waals surface area contributed by atoms with Crippen molar-refractivity contribution in [3.63, 3.8) is 0 Å². The molecule has 9 heteroatoms. The number of non-ortho nitro benzene ring substituents is 1. The third-order valence-corrected chi connectivity index (χ3v) is 4.46. The Bertz CT molecular complexity index is 855. The molecule has 2 N–H and O–H groups in total. The Kier molecular flexibility index (Phi) is 10.1. The number of methoxy groups -OCH3 is 2. The molecule has 168 valence electrons. The lowest BCUT2D eigenvalue weighted by Crippen LogP contribution is -2.38. The van der Waals surface area contributed by atoms with Crippen LogP contribution in [0.25, 0.3) is 0 Å². The van der Waals surface area contributed by atoms with Gasteiger partial charge < -0.3 is 24.8 Å². The van der Waals surface area contributed by atoms with Crippen molar-refractivity contribution in [1.82, 2.24) is 10.6 Å². The summed E-state index contributed by atoms with van der Waals surface area (Å²) in [5, 5.41) is 17.6. The molecule has 0 aliphatic rings. The molecule has 0 aromatic heterocycles. The van der Waals surface area contributed by atoms with Gasteiger partial charge in [0.1, 0.15) is 11.5 Å². The molecule has 31 heavy (non-hydrogen) atoms. The lowest BCUT2D eigenvalue weighted by atomic mass is 10.1. The highest BCUT2D eigenvalue weighted by Gasteiger charge is 2.12. The fourth-order valence-corrected chi connectivity index (χ4v) is 2.80. The quantitative estimate of drug-likeness (QED) is 0.175. The SMILES string of the molecule is CCOCCCNC(=NCc1ccc(OC)cc1)NCc1cc([N+](=O)[O-])ccc1OC. The number of nitrogens with one attached hydrogen (secondary N) is 2. The molecule has 0 fully saturated rings. The zero-order valence-electron chi connectivity index (χ0n) is 18.2. The van der Waals surface area contributed by atoms with Gasteiger partial charge in [0, 0.05) is 44.0 Å². The standard InChI is InChI=1S/C22H30N4O5/c1-4-31-13-5-12-23-22(24-15-17-6-9-20(29-2)10-7-17)25-16-18-14-19(26(27)28)8-11-21(18)30-3/h6-11,14H,4-5,12-13,15-16H2,1-3H3,(H2,23,24,25). The lowest BCUT2D eigenvalue weighted by molar-refractivity contribution is -0.384. The first-order valence-corrected chi connectivity index (χ1v) is 10.1. The van der Waals surface area contributed by atoms with E-state index < -0.39 is 4.92 Å². The minimum atomic E-state index is -0.423. The van der Waals surface area contributed by atoms with E-state index in [0.29, 0.717) is 50.1 Å². The Morgan fingerprint density at radius 3 is 2.52 bits per heavy atom. The summed E-state index contributed by atoms with van der Waals surface area (Å²) in [6, 6.07) is 12.2. The molecule has 2 rings (SSSR count). The Morgan fingerprint density at radius 1 is 1.10 bits per heavy atom. The molecule has 0 saturated heterocycles. The Labute approximate surface area is 182 Å². The van der Waals surface area contributed by atoms with Gasteiger partial charge in [-0.3, -0.25) is 10.1 Å². The van der Waals surface area contributed by atoms with Crippen LogP contribution >= 0.6 is 0 Å². The number of rotatable bonds is 12. The van der Waals surface area contributed by atoms with Crippen LogP contribution in [0.1, 0.15) is 24.5 Å². The molecule has 0 saturated carbocycles. The van der Waals surface area contributed by atoms with E-state index in [1.165, 1.54) is 19.2 Å². The lowest BCUT2D eigenvalue weighted by Gasteiger charge is -2.14. The second-order valence-corrected chi connectivity index (χ2v) is 6.60. The van der Waals surface area contributed by atoms with Crippen molar-refractivity contribution in [3.05, 3.63) is 63.7 Å². The van der Waals surface area contributed by atoms with Gasteiger partial charge in [0.05, 0.1) is 25.7 Å². The molecular formula is C22H30N4O5. The van der Waals surface area contributed by atoms with Crippen LogP contribution in [-0.4, -0.2) is 44.9 Å². The fraction of sp³-hybridized carbons (Fsp3) is 0.409. The summed E-state index contributed by atoms with van der Waals surface area (Å²) in [7, 11) is 3.17. The van der Waals surface area contributed by atoms with Crippen molar-refractivity contribution in [2.45, 2.75) is 26.4 Å². The average Bonchev–Trinajstić information content (AvgIpc) is 2.80. The van der Waals surface area contributed by atoms with E-state index in [4.69, 9.17) is 14.2 Å². The maximum atomic E-state index is 11.1. The zero-order chi connectivity index (χ0) is 22.5. The van der Waals surface area contributed by atoms with E-state index in [9.17, 15) is 10.1 Å². The molecule has 0 aliphatic carbocycles. The average molecular weight is 431 g/mol. The van der Waals surface area contributed by atoms with Crippen LogP contribution in [0.3, 0.4) is 0 Å². The summed E-state index contributed by atoms with van der Waals surface area (Å²) in [5.41, 5.74) is 1.72. The molecule has 0 atom stereocenters. The topological polar surface area (TPSA) is 107 Å². The first kappa shape index (κ1) is 23.9. The maximum absolute atomic E-state index is 11.1. The third kappa shape index (κ3) is 8.13. The van der Waals surface area contributed by atoms with E-state index in [0.717, 1.165) is 17.7 Å². The summed E-state index contributed by atoms with van der Waals surface area (Å²) >= 11 is 0. The number of guanidine groups is 1. The summed E-state index contributed by atoms with van der Waals surface area (Å²) < 4.78 is 15.9. The number of nitro groups is 1. The van der Waals surface area contributed by atoms with Gasteiger partial charge in [-0.1, -0.05) is 12.1 Å². The van der Waals surface area contributed by atoms with Crippen molar-refractivity contribution in [2.75, 3.05) is 34.0 Å². The predicted molar refractivity (Wildman–Crippen MR) is 120 cm³/mol. The van der Waals surface area contributed by atoms with E-state index >= 15 is 0 Å². The van der Waals surface area contributed by atoms with Crippen LogP contribution in [0.15, 0.2) is 47.5 Å².